The van der Waals surface area contributed by atoms with Gasteiger partial charge in [0, 0.05) is 9.92 Å². The SMILES string of the molecule is CC[C@@H](NC(=O)[C@H](C)Sc1ccc(Cl)cc1)c1ccc(C)c(C)c1. The smallest absolute Gasteiger partial charge is 0.233 e. The quantitative estimate of drug-likeness (QED) is 0.668. The molecule has 2 nitrogen and oxygen atoms in total. The summed E-state index contributed by atoms with van der Waals surface area (Å²) in [6.07, 6.45) is 0.868. The monoisotopic (exact) mass is 361 g/mol. The second kappa shape index (κ2) is 8.59. The molecule has 2 rings (SSSR count). The van der Waals surface area contributed by atoms with Crippen molar-refractivity contribution in [1.29, 1.82) is 0 Å². The molecule has 2 atom stereocenters. The highest BCUT2D eigenvalue weighted by Crippen LogP contribution is 2.26. The summed E-state index contributed by atoms with van der Waals surface area (Å²) in [5.41, 5.74) is 3.69. The van der Waals surface area contributed by atoms with Crippen LogP contribution < -0.4 is 5.32 Å². The predicted molar refractivity (Wildman–Crippen MR) is 104 cm³/mol. The number of amides is 1. The highest BCUT2D eigenvalue weighted by Gasteiger charge is 2.19. The van der Waals surface area contributed by atoms with E-state index in [2.05, 4.69) is 44.3 Å². The summed E-state index contributed by atoms with van der Waals surface area (Å²) in [4.78, 5) is 13.6. The molecule has 0 aliphatic carbocycles. The molecule has 128 valence electrons. The van der Waals surface area contributed by atoms with Crippen molar-refractivity contribution in [2.24, 2.45) is 0 Å². The van der Waals surface area contributed by atoms with Crippen molar-refractivity contribution in [2.45, 2.75) is 50.3 Å². The third kappa shape index (κ3) is 5.02. The van der Waals surface area contributed by atoms with E-state index in [-0.39, 0.29) is 17.2 Å². The fourth-order valence-electron chi connectivity index (χ4n) is 2.46. The van der Waals surface area contributed by atoms with Crippen LogP contribution in [-0.4, -0.2) is 11.2 Å². The van der Waals surface area contributed by atoms with Crippen LogP contribution in [-0.2, 0) is 4.79 Å². The van der Waals surface area contributed by atoms with Crippen molar-refractivity contribution in [3.63, 3.8) is 0 Å². The zero-order valence-electron chi connectivity index (χ0n) is 14.6. The van der Waals surface area contributed by atoms with Gasteiger partial charge in [0.25, 0.3) is 0 Å². The molecule has 0 saturated carbocycles. The fraction of sp³-hybridized carbons (Fsp3) is 0.350. The van der Waals surface area contributed by atoms with Gasteiger partial charge in [-0.3, -0.25) is 4.79 Å². The first-order chi connectivity index (χ1) is 11.4. The maximum Gasteiger partial charge on any atom is 0.233 e. The molecule has 0 radical (unpaired) electrons. The molecule has 0 heterocycles. The number of benzene rings is 2. The summed E-state index contributed by atoms with van der Waals surface area (Å²) >= 11 is 7.44. The second-order valence-electron chi connectivity index (χ2n) is 6.03. The van der Waals surface area contributed by atoms with Crippen molar-refractivity contribution in [2.75, 3.05) is 0 Å². The van der Waals surface area contributed by atoms with E-state index in [1.54, 1.807) is 11.8 Å². The molecule has 0 aromatic heterocycles. The Morgan fingerprint density at radius 3 is 2.38 bits per heavy atom. The van der Waals surface area contributed by atoms with E-state index in [4.69, 9.17) is 11.6 Å². The third-order valence-electron chi connectivity index (χ3n) is 4.15. The number of hydrogen-bond acceptors (Lipinski definition) is 2. The molecule has 2 aromatic rings. The van der Waals surface area contributed by atoms with Crippen molar-refractivity contribution < 1.29 is 4.79 Å². The average Bonchev–Trinajstić information content (AvgIpc) is 2.57. The van der Waals surface area contributed by atoms with E-state index >= 15 is 0 Å². The molecule has 0 bridgehead atoms. The molecule has 0 aliphatic heterocycles. The minimum atomic E-state index is -0.160. The number of nitrogens with one attached hydrogen (secondary N) is 1. The zero-order chi connectivity index (χ0) is 17.7. The van der Waals surface area contributed by atoms with Gasteiger partial charge in [0.2, 0.25) is 5.91 Å². The Hall–Kier alpha value is -1.45. The van der Waals surface area contributed by atoms with Crippen LogP contribution in [0.5, 0.6) is 0 Å². The standard InChI is InChI=1S/C20H24ClNOS/c1-5-19(16-7-6-13(2)14(3)12-16)22-20(23)15(4)24-18-10-8-17(21)9-11-18/h6-12,15,19H,5H2,1-4H3,(H,22,23)/t15-,19+/m0/s1. The van der Waals surface area contributed by atoms with Gasteiger partial charge < -0.3 is 5.32 Å². The Morgan fingerprint density at radius 2 is 1.79 bits per heavy atom. The molecule has 0 aliphatic rings. The lowest BCUT2D eigenvalue weighted by molar-refractivity contribution is -0.121. The lowest BCUT2D eigenvalue weighted by Crippen LogP contribution is -2.34. The first-order valence-electron chi connectivity index (χ1n) is 8.20. The average molecular weight is 362 g/mol. The Kier molecular flexibility index (Phi) is 6.76. The normalized spacial score (nSPS) is 13.4. The van der Waals surface area contributed by atoms with Crippen LogP contribution in [0.1, 0.15) is 43.0 Å². The first kappa shape index (κ1) is 18.9. The highest BCUT2D eigenvalue weighted by molar-refractivity contribution is 8.00. The molecule has 0 saturated heterocycles. The summed E-state index contributed by atoms with van der Waals surface area (Å²) in [7, 11) is 0. The number of rotatable bonds is 6. The Balaban J connectivity index is 2.02. The molecular weight excluding hydrogens is 338 g/mol. The minimum absolute atomic E-state index is 0.0464. The van der Waals surface area contributed by atoms with E-state index in [1.165, 1.54) is 11.1 Å². The Bertz CT molecular complexity index is 699. The number of aryl methyl sites for hydroxylation is 2. The Morgan fingerprint density at radius 1 is 1.12 bits per heavy atom. The van der Waals surface area contributed by atoms with Gasteiger partial charge in [-0.25, -0.2) is 0 Å². The summed E-state index contributed by atoms with van der Waals surface area (Å²) in [5, 5.41) is 3.72. The van der Waals surface area contributed by atoms with Crippen LogP contribution in [0.15, 0.2) is 47.4 Å². The molecule has 0 fully saturated rings. The molecule has 0 spiro atoms. The molecule has 1 N–H and O–H groups in total. The highest BCUT2D eigenvalue weighted by atomic mass is 35.5. The van der Waals surface area contributed by atoms with Gasteiger partial charge in [-0.15, -0.1) is 11.8 Å². The van der Waals surface area contributed by atoms with E-state index in [1.807, 2.05) is 31.2 Å². The third-order valence-corrected chi connectivity index (χ3v) is 5.52. The van der Waals surface area contributed by atoms with Gasteiger partial charge in [-0.2, -0.15) is 0 Å². The van der Waals surface area contributed by atoms with Crippen molar-refractivity contribution in [1.82, 2.24) is 5.32 Å². The summed E-state index contributed by atoms with van der Waals surface area (Å²) < 4.78 is 0. The lowest BCUT2D eigenvalue weighted by atomic mass is 9.99. The molecule has 2 aromatic carbocycles. The lowest BCUT2D eigenvalue weighted by Gasteiger charge is -2.21. The van der Waals surface area contributed by atoms with Crippen LogP contribution in [0.25, 0.3) is 0 Å². The van der Waals surface area contributed by atoms with E-state index in [0.29, 0.717) is 5.02 Å². The van der Waals surface area contributed by atoms with Gasteiger partial charge in [-0.05, 0) is 68.1 Å². The van der Waals surface area contributed by atoms with Crippen molar-refractivity contribution in [3.05, 3.63) is 64.2 Å². The number of carbonyl (C=O) groups excluding carboxylic acids is 1. The van der Waals surface area contributed by atoms with E-state index in [9.17, 15) is 4.79 Å². The predicted octanol–water partition coefficient (Wildman–Crippen LogP) is 5.70. The molecule has 4 heteroatoms. The van der Waals surface area contributed by atoms with Crippen LogP contribution >= 0.6 is 23.4 Å². The minimum Gasteiger partial charge on any atom is -0.348 e. The summed E-state index contributed by atoms with van der Waals surface area (Å²) in [5.74, 6) is 0.0556. The van der Waals surface area contributed by atoms with Gasteiger partial charge >= 0.3 is 0 Å². The van der Waals surface area contributed by atoms with Crippen LogP contribution in [0.3, 0.4) is 0 Å². The molecule has 24 heavy (non-hydrogen) atoms. The van der Waals surface area contributed by atoms with Gasteiger partial charge in [0.1, 0.15) is 0 Å². The topological polar surface area (TPSA) is 29.1 Å². The Labute approximate surface area is 154 Å². The molecular formula is C20H24ClNOS. The van der Waals surface area contributed by atoms with Crippen LogP contribution in [0.4, 0.5) is 0 Å². The van der Waals surface area contributed by atoms with Crippen molar-refractivity contribution >= 4 is 29.3 Å². The first-order valence-corrected chi connectivity index (χ1v) is 9.46. The fourth-order valence-corrected chi connectivity index (χ4v) is 3.46. The molecule has 1 amide bonds. The number of halogens is 1. The second-order valence-corrected chi connectivity index (χ2v) is 7.88. The van der Waals surface area contributed by atoms with Crippen LogP contribution in [0.2, 0.25) is 5.02 Å². The van der Waals surface area contributed by atoms with Gasteiger partial charge in [0.05, 0.1) is 11.3 Å². The van der Waals surface area contributed by atoms with Gasteiger partial charge in [-0.1, -0.05) is 36.7 Å². The van der Waals surface area contributed by atoms with Crippen molar-refractivity contribution in [3.8, 4) is 0 Å². The largest absolute Gasteiger partial charge is 0.348 e. The van der Waals surface area contributed by atoms with Gasteiger partial charge in [0.15, 0.2) is 0 Å². The maximum atomic E-state index is 12.6. The summed E-state index contributed by atoms with van der Waals surface area (Å²) in [6.45, 7) is 8.23. The number of carbonyl (C=O) groups is 1. The molecule has 0 unspecified atom stereocenters. The maximum absolute atomic E-state index is 12.6. The number of hydrogen-bond donors (Lipinski definition) is 1. The van der Waals surface area contributed by atoms with Crippen LogP contribution in [0, 0.1) is 13.8 Å². The van der Waals surface area contributed by atoms with E-state index < -0.39 is 0 Å². The van der Waals surface area contributed by atoms with E-state index in [0.717, 1.165) is 16.9 Å². The summed E-state index contributed by atoms with van der Waals surface area (Å²) in [6, 6.07) is 14.0. The zero-order valence-corrected chi connectivity index (χ0v) is 16.2. The number of thioether (sulfide) groups is 1.